The molecule has 0 N–H and O–H groups in total. The van der Waals surface area contributed by atoms with E-state index < -0.39 is 5.97 Å². The van der Waals surface area contributed by atoms with Gasteiger partial charge in [-0.05, 0) is 24.3 Å². The van der Waals surface area contributed by atoms with Gasteiger partial charge >= 0.3 is 5.97 Å². The molecule has 2 aromatic heterocycles. The number of ether oxygens (including phenoxy) is 1. The van der Waals surface area contributed by atoms with E-state index in [9.17, 15) is 4.79 Å². The molecule has 112 valence electrons. The Morgan fingerprint density at radius 3 is 2.59 bits per heavy atom. The zero-order chi connectivity index (χ0) is 15.5. The highest BCUT2D eigenvalue weighted by atomic mass is 35.5. The van der Waals surface area contributed by atoms with E-state index in [-0.39, 0.29) is 34.0 Å². The van der Waals surface area contributed by atoms with Gasteiger partial charge < -0.3 is 13.6 Å². The molecule has 8 heteroatoms. The van der Waals surface area contributed by atoms with Crippen LogP contribution >= 0.6 is 23.2 Å². The topological polar surface area (TPSA) is 78.4 Å². The fourth-order valence-electron chi connectivity index (χ4n) is 1.70. The number of rotatable bonds is 4. The lowest BCUT2D eigenvalue weighted by Gasteiger charge is -2.05. The maximum atomic E-state index is 12.0. The van der Waals surface area contributed by atoms with Crippen LogP contribution in [0.25, 0.3) is 11.7 Å². The van der Waals surface area contributed by atoms with Crippen molar-refractivity contribution in [2.75, 3.05) is 0 Å². The summed E-state index contributed by atoms with van der Waals surface area (Å²) in [7, 11) is 0. The molecule has 0 saturated carbocycles. The Labute approximate surface area is 134 Å². The number of esters is 1. The van der Waals surface area contributed by atoms with Crippen molar-refractivity contribution in [3.8, 4) is 11.7 Å². The lowest BCUT2D eigenvalue weighted by Crippen LogP contribution is -2.07. The Balaban J connectivity index is 1.69. The Morgan fingerprint density at radius 2 is 1.91 bits per heavy atom. The average molecular weight is 339 g/mol. The monoisotopic (exact) mass is 338 g/mol. The standard InChI is InChI=1S/C14H8Cl2N2O4/c15-8-3-1-4-9(16)12(8)14(19)21-7-11-17-18-13(22-11)10-5-2-6-20-10/h1-6H,7H2. The zero-order valence-electron chi connectivity index (χ0n) is 11.0. The molecule has 0 aliphatic rings. The van der Waals surface area contributed by atoms with Gasteiger partial charge in [-0.15, -0.1) is 10.2 Å². The minimum atomic E-state index is -0.673. The first kappa shape index (κ1) is 14.6. The Hall–Kier alpha value is -2.31. The van der Waals surface area contributed by atoms with Crippen LogP contribution in [0.4, 0.5) is 0 Å². The van der Waals surface area contributed by atoms with E-state index in [1.807, 2.05) is 0 Å². The fourth-order valence-corrected chi connectivity index (χ4v) is 2.26. The average Bonchev–Trinajstić information content (AvgIpc) is 3.16. The minimum Gasteiger partial charge on any atom is -0.459 e. The van der Waals surface area contributed by atoms with Crippen LogP contribution < -0.4 is 0 Å². The van der Waals surface area contributed by atoms with Crippen LogP contribution in [0.2, 0.25) is 10.0 Å². The summed E-state index contributed by atoms with van der Waals surface area (Å²) in [5, 5.41) is 7.97. The number of carbonyl (C=O) groups excluding carboxylic acids is 1. The van der Waals surface area contributed by atoms with Gasteiger partial charge in [0.25, 0.3) is 11.8 Å². The van der Waals surface area contributed by atoms with Crippen molar-refractivity contribution in [1.29, 1.82) is 0 Å². The minimum absolute atomic E-state index is 0.0941. The summed E-state index contributed by atoms with van der Waals surface area (Å²) in [5.41, 5.74) is 0.0941. The molecule has 0 atom stereocenters. The molecule has 3 aromatic rings. The number of halogens is 2. The second-order valence-corrected chi connectivity index (χ2v) is 4.97. The van der Waals surface area contributed by atoms with E-state index >= 15 is 0 Å². The van der Waals surface area contributed by atoms with Crippen LogP contribution in [-0.4, -0.2) is 16.2 Å². The first-order valence-electron chi connectivity index (χ1n) is 6.12. The summed E-state index contributed by atoms with van der Waals surface area (Å²) in [6, 6.07) is 8.10. The quantitative estimate of drug-likeness (QED) is 0.669. The van der Waals surface area contributed by atoms with Crippen molar-refractivity contribution in [2.24, 2.45) is 0 Å². The molecule has 0 saturated heterocycles. The number of aromatic nitrogens is 2. The van der Waals surface area contributed by atoms with Crippen molar-refractivity contribution in [3.05, 3.63) is 58.1 Å². The van der Waals surface area contributed by atoms with Gasteiger partial charge in [0.1, 0.15) is 0 Å². The molecule has 0 spiro atoms. The van der Waals surface area contributed by atoms with Gasteiger partial charge in [-0.25, -0.2) is 4.79 Å². The number of hydrogen-bond acceptors (Lipinski definition) is 6. The first-order valence-corrected chi connectivity index (χ1v) is 6.88. The zero-order valence-corrected chi connectivity index (χ0v) is 12.5. The van der Waals surface area contributed by atoms with Crippen molar-refractivity contribution in [2.45, 2.75) is 6.61 Å². The van der Waals surface area contributed by atoms with Crippen LogP contribution in [0.3, 0.4) is 0 Å². The molecule has 0 unspecified atom stereocenters. The molecule has 0 fully saturated rings. The van der Waals surface area contributed by atoms with Crippen LogP contribution in [0.1, 0.15) is 16.2 Å². The molecule has 0 radical (unpaired) electrons. The fraction of sp³-hybridized carbons (Fsp3) is 0.0714. The Morgan fingerprint density at radius 1 is 1.14 bits per heavy atom. The van der Waals surface area contributed by atoms with Gasteiger partial charge in [-0.3, -0.25) is 0 Å². The van der Waals surface area contributed by atoms with Crippen molar-refractivity contribution >= 4 is 29.2 Å². The molecular formula is C14H8Cl2N2O4. The highest BCUT2D eigenvalue weighted by molar-refractivity contribution is 6.39. The molecule has 0 amide bonds. The summed E-state index contributed by atoms with van der Waals surface area (Å²) in [6.45, 7) is -0.200. The van der Waals surface area contributed by atoms with E-state index in [4.69, 9.17) is 36.8 Å². The van der Waals surface area contributed by atoms with Crippen LogP contribution in [0.5, 0.6) is 0 Å². The van der Waals surface area contributed by atoms with Crippen LogP contribution in [-0.2, 0) is 11.3 Å². The lowest BCUT2D eigenvalue weighted by atomic mass is 10.2. The smallest absolute Gasteiger partial charge is 0.341 e. The first-order chi connectivity index (χ1) is 10.6. The number of carbonyl (C=O) groups is 1. The second kappa shape index (κ2) is 6.21. The Kier molecular flexibility index (Phi) is 4.13. The highest BCUT2D eigenvalue weighted by Crippen LogP contribution is 2.25. The summed E-state index contributed by atoms with van der Waals surface area (Å²) >= 11 is 11.9. The van der Waals surface area contributed by atoms with Gasteiger partial charge in [-0.1, -0.05) is 29.3 Å². The second-order valence-electron chi connectivity index (χ2n) is 4.15. The van der Waals surface area contributed by atoms with Crippen LogP contribution in [0, 0.1) is 0 Å². The largest absolute Gasteiger partial charge is 0.459 e. The molecule has 1 aromatic carbocycles. The molecule has 6 nitrogen and oxygen atoms in total. The lowest BCUT2D eigenvalue weighted by molar-refractivity contribution is 0.0439. The van der Waals surface area contributed by atoms with E-state index in [0.717, 1.165) is 0 Å². The molecule has 2 heterocycles. The van der Waals surface area contributed by atoms with Gasteiger partial charge in [0, 0.05) is 0 Å². The van der Waals surface area contributed by atoms with Gasteiger partial charge in [0.05, 0.1) is 21.9 Å². The third kappa shape index (κ3) is 2.98. The third-order valence-electron chi connectivity index (χ3n) is 2.69. The van der Waals surface area contributed by atoms with Crippen molar-refractivity contribution in [3.63, 3.8) is 0 Å². The number of nitrogens with zero attached hydrogens (tertiary/aromatic N) is 2. The highest BCUT2D eigenvalue weighted by Gasteiger charge is 2.18. The Bertz CT molecular complexity index is 779. The molecular weight excluding hydrogens is 331 g/mol. The number of benzene rings is 1. The van der Waals surface area contributed by atoms with Gasteiger partial charge in [0.2, 0.25) is 0 Å². The maximum absolute atomic E-state index is 12.0. The van der Waals surface area contributed by atoms with E-state index in [0.29, 0.717) is 5.76 Å². The predicted octanol–water partition coefficient (Wildman–Crippen LogP) is 3.99. The summed E-state index contributed by atoms with van der Waals surface area (Å²) in [4.78, 5) is 12.0. The molecule has 0 aliphatic carbocycles. The van der Waals surface area contributed by atoms with Crippen LogP contribution in [0.15, 0.2) is 45.4 Å². The molecule has 22 heavy (non-hydrogen) atoms. The molecule has 0 bridgehead atoms. The molecule has 0 aliphatic heterocycles. The van der Waals surface area contributed by atoms with E-state index in [2.05, 4.69) is 10.2 Å². The van der Waals surface area contributed by atoms with Gasteiger partial charge in [0.15, 0.2) is 12.4 Å². The number of hydrogen-bond donors (Lipinski definition) is 0. The number of furan rings is 1. The van der Waals surface area contributed by atoms with Crippen molar-refractivity contribution < 1.29 is 18.4 Å². The maximum Gasteiger partial charge on any atom is 0.341 e. The summed E-state index contributed by atoms with van der Waals surface area (Å²) < 4.78 is 15.5. The van der Waals surface area contributed by atoms with Gasteiger partial charge in [-0.2, -0.15) is 0 Å². The van der Waals surface area contributed by atoms with Crippen molar-refractivity contribution in [1.82, 2.24) is 10.2 Å². The summed E-state index contributed by atoms with van der Waals surface area (Å²) in [5.74, 6) is 0.0855. The molecule has 3 rings (SSSR count). The predicted molar refractivity (Wildman–Crippen MR) is 77.6 cm³/mol. The normalized spacial score (nSPS) is 10.6. The van der Waals surface area contributed by atoms with E-state index in [1.165, 1.54) is 6.26 Å². The third-order valence-corrected chi connectivity index (χ3v) is 3.32. The van der Waals surface area contributed by atoms with E-state index in [1.54, 1.807) is 30.3 Å². The summed E-state index contributed by atoms with van der Waals surface area (Å²) in [6.07, 6.45) is 1.48. The SMILES string of the molecule is O=C(OCc1nnc(-c2ccco2)o1)c1c(Cl)cccc1Cl.